The van der Waals surface area contributed by atoms with Crippen molar-refractivity contribution in [2.75, 3.05) is 19.6 Å². The van der Waals surface area contributed by atoms with Crippen LogP contribution in [0, 0.1) is 5.92 Å². The molecule has 5 nitrogen and oxygen atoms in total. The van der Waals surface area contributed by atoms with Crippen molar-refractivity contribution in [2.24, 2.45) is 11.1 Å². The van der Waals surface area contributed by atoms with E-state index in [0.717, 1.165) is 19.4 Å². The number of carbonyl (C=O) groups excluding carboxylic acids is 1. The van der Waals surface area contributed by atoms with Crippen LogP contribution in [0.3, 0.4) is 0 Å². The zero-order chi connectivity index (χ0) is 18.6. The van der Waals surface area contributed by atoms with Crippen molar-refractivity contribution in [3.8, 4) is 0 Å². The first-order valence-corrected chi connectivity index (χ1v) is 9.18. The first kappa shape index (κ1) is 18.0. The highest BCUT2D eigenvalue weighted by molar-refractivity contribution is 6.39. The van der Waals surface area contributed by atoms with Crippen molar-refractivity contribution < 1.29 is 27.2 Å². The van der Waals surface area contributed by atoms with Gasteiger partial charge in [0.2, 0.25) is 5.92 Å². The van der Waals surface area contributed by atoms with E-state index >= 15 is 0 Å². The quantitative estimate of drug-likeness (QED) is 0.767. The van der Waals surface area contributed by atoms with Crippen LogP contribution in [0.4, 0.5) is 17.6 Å². The van der Waals surface area contributed by atoms with Gasteiger partial charge in [-0.15, -0.1) is 0 Å². The molecule has 1 amide bonds. The number of piperidine rings is 1. The van der Waals surface area contributed by atoms with E-state index in [2.05, 4.69) is 15.4 Å². The van der Waals surface area contributed by atoms with Crippen molar-refractivity contribution in [1.82, 2.24) is 10.2 Å². The van der Waals surface area contributed by atoms with Crippen LogP contribution < -0.4 is 5.32 Å². The average Bonchev–Trinajstić information content (AvgIpc) is 2.87. The minimum absolute atomic E-state index is 0.00512. The SMILES string of the molecule is O=C(NC1CC(F)(F)C1)C1=NO[C@@]2(CCCN(CC3CC(F)(F)C3)C2)C1. The summed E-state index contributed by atoms with van der Waals surface area (Å²) in [6, 6.07) is -0.514. The van der Waals surface area contributed by atoms with Crippen LogP contribution in [0.5, 0.6) is 0 Å². The predicted molar refractivity (Wildman–Crippen MR) is 85.3 cm³/mol. The molecule has 2 saturated carbocycles. The molecule has 0 unspecified atom stereocenters. The molecule has 1 N–H and O–H groups in total. The molecule has 0 aromatic heterocycles. The number of nitrogens with one attached hydrogen (secondary N) is 1. The van der Waals surface area contributed by atoms with E-state index in [1.54, 1.807) is 0 Å². The van der Waals surface area contributed by atoms with Gasteiger partial charge < -0.3 is 10.2 Å². The summed E-state index contributed by atoms with van der Waals surface area (Å²) in [6.07, 6.45) is 1.13. The lowest BCUT2D eigenvalue weighted by Crippen LogP contribution is -2.53. The molecule has 3 fully saturated rings. The summed E-state index contributed by atoms with van der Waals surface area (Å²) >= 11 is 0. The highest BCUT2D eigenvalue weighted by Crippen LogP contribution is 2.43. The number of nitrogens with zero attached hydrogens (tertiary/aromatic N) is 2. The molecule has 0 aromatic rings. The lowest BCUT2D eigenvalue weighted by Gasteiger charge is -2.43. The van der Waals surface area contributed by atoms with Crippen molar-refractivity contribution in [3.63, 3.8) is 0 Å². The van der Waals surface area contributed by atoms with E-state index in [1.165, 1.54) is 0 Å². The van der Waals surface area contributed by atoms with Crippen molar-refractivity contribution in [3.05, 3.63) is 0 Å². The molecule has 2 aliphatic heterocycles. The lowest BCUT2D eigenvalue weighted by atomic mass is 9.80. The van der Waals surface area contributed by atoms with Crippen molar-refractivity contribution in [1.29, 1.82) is 0 Å². The van der Waals surface area contributed by atoms with Gasteiger partial charge in [-0.25, -0.2) is 17.6 Å². The Morgan fingerprint density at radius 2 is 1.88 bits per heavy atom. The number of oxime groups is 1. The Bertz CT molecular complexity index is 611. The number of amides is 1. The molecule has 1 saturated heterocycles. The van der Waals surface area contributed by atoms with E-state index in [0.29, 0.717) is 19.5 Å². The summed E-state index contributed by atoms with van der Waals surface area (Å²) in [7, 11) is 0. The van der Waals surface area contributed by atoms with Crippen molar-refractivity contribution >= 4 is 11.6 Å². The molecular weight excluding hydrogens is 354 g/mol. The van der Waals surface area contributed by atoms with Gasteiger partial charge in [0.15, 0.2) is 5.60 Å². The van der Waals surface area contributed by atoms with Crippen LogP contribution in [-0.2, 0) is 9.63 Å². The Morgan fingerprint density at radius 1 is 1.19 bits per heavy atom. The molecule has 2 aliphatic carbocycles. The summed E-state index contributed by atoms with van der Waals surface area (Å²) in [5.74, 6) is -5.65. The first-order chi connectivity index (χ1) is 12.1. The van der Waals surface area contributed by atoms with Gasteiger partial charge in [-0.05, 0) is 25.3 Å². The summed E-state index contributed by atoms with van der Waals surface area (Å²) in [4.78, 5) is 19.9. The highest BCUT2D eigenvalue weighted by atomic mass is 19.3. The van der Waals surface area contributed by atoms with Crippen LogP contribution in [0.25, 0.3) is 0 Å². The molecule has 9 heteroatoms. The molecule has 26 heavy (non-hydrogen) atoms. The van der Waals surface area contributed by atoms with E-state index in [1.807, 2.05) is 0 Å². The second kappa shape index (κ2) is 6.07. The van der Waals surface area contributed by atoms with E-state index in [4.69, 9.17) is 4.84 Å². The molecule has 1 spiro atoms. The number of carbonyl (C=O) groups is 1. The topological polar surface area (TPSA) is 53.9 Å². The van der Waals surface area contributed by atoms with Gasteiger partial charge in [0, 0.05) is 51.2 Å². The maximum atomic E-state index is 13.0. The van der Waals surface area contributed by atoms with Gasteiger partial charge in [0.25, 0.3) is 11.8 Å². The maximum Gasteiger partial charge on any atom is 0.269 e. The fourth-order valence-corrected chi connectivity index (χ4v) is 4.52. The van der Waals surface area contributed by atoms with Crippen LogP contribution in [0.2, 0.25) is 0 Å². The fourth-order valence-electron chi connectivity index (χ4n) is 4.52. The van der Waals surface area contributed by atoms with Crippen LogP contribution in [0.15, 0.2) is 5.16 Å². The highest BCUT2D eigenvalue weighted by Gasteiger charge is 2.50. The largest absolute Gasteiger partial charge is 0.387 e. The molecule has 1 atom stereocenters. The van der Waals surface area contributed by atoms with E-state index in [9.17, 15) is 22.4 Å². The summed E-state index contributed by atoms with van der Waals surface area (Å²) in [5.41, 5.74) is -0.363. The minimum Gasteiger partial charge on any atom is -0.387 e. The molecule has 146 valence electrons. The van der Waals surface area contributed by atoms with Gasteiger partial charge >= 0.3 is 0 Å². The normalized spacial score (nSPS) is 33.9. The number of likely N-dealkylation sites (tertiary alicyclic amines) is 1. The molecule has 0 aromatic carbocycles. The molecule has 4 rings (SSSR count). The predicted octanol–water partition coefficient (Wildman–Crippen LogP) is 2.56. The Morgan fingerprint density at radius 3 is 2.54 bits per heavy atom. The number of hydrogen-bond acceptors (Lipinski definition) is 4. The monoisotopic (exact) mass is 377 g/mol. The lowest BCUT2D eigenvalue weighted by molar-refractivity contribution is -0.126. The molecular formula is C17H23F4N3O2. The van der Waals surface area contributed by atoms with Crippen molar-refractivity contribution in [2.45, 2.75) is 68.4 Å². The van der Waals surface area contributed by atoms with Crippen LogP contribution in [-0.4, -0.2) is 59.6 Å². The Hall–Kier alpha value is -1.38. The van der Waals surface area contributed by atoms with Gasteiger partial charge in [-0.2, -0.15) is 0 Å². The number of rotatable bonds is 4. The van der Waals surface area contributed by atoms with Gasteiger partial charge in [0.05, 0.1) is 0 Å². The van der Waals surface area contributed by atoms with E-state index in [-0.39, 0.29) is 37.3 Å². The third-order valence-corrected chi connectivity index (χ3v) is 5.84. The third-order valence-electron chi connectivity index (χ3n) is 5.84. The Labute approximate surface area is 149 Å². The Balaban J connectivity index is 1.27. The smallest absolute Gasteiger partial charge is 0.269 e. The van der Waals surface area contributed by atoms with Crippen LogP contribution >= 0.6 is 0 Å². The molecule has 2 heterocycles. The number of alkyl halides is 4. The third kappa shape index (κ3) is 3.68. The van der Waals surface area contributed by atoms with Gasteiger partial charge in [0.1, 0.15) is 5.71 Å². The average molecular weight is 377 g/mol. The molecule has 0 radical (unpaired) electrons. The minimum atomic E-state index is -2.69. The van der Waals surface area contributed by atoms with Crippen LogP contribution in [0.1, 0.15) is 44.9 Å². The zero-order valence-corrected chi connectivity index (χ0v) is 14.4. The molecule has 0 bridgehead atoms. The zero-order valence-electron chi connectivity index (χ0n) is 14.4. The van der Waals surface area contributed by atoms with Gasteiger partial charge in [-0.3, -0.25) is 9.69 Å². The number of hydrogen-bond donors (Lipinski definition) is 1. The summed E-state index contributed by atoms with van der Waals surface area (Å²) in [6.45, 7) is 1.99. The second-order valence-corrected chi connectivity index (χ2v) is 8.39. The molecule has 4 aliphatic rings. The second-order valence-electron chi connectivity index (χ2n) is 8.39. The summed E-state index contributed by atoms with van der Waals surface area (Å²) in [5, 5.41) is 6.48. The Kier molecular flexibility index (Phi) is 4.20. The van der Waals surface area contributed by atoms with Gasteiger partial charge in [-0.1, -0.05) is 5.16 Å². The maximum absolute atomic E-state index is 13.0. The first-order valence-electron chi connectivity index (χ1n) is 9.18. The number of halogens is 4. The van der Waals surface area contributed by atoms with E-state index < -0.39 is 29.4 Å². The standard InChI is InChI=1S/C17H23F4N3O2/c18-16(19)4-11(5-16)9-24-3-1-2-15(10-24)8-13(23-26-15)14(25)22-12-6-17(20,21)7-12/h11-12H,1-10H2,(H,22,25)/t15-/m0/s1. The fraction of sp³-hybridized carbons (Fsp3) is 0.882. The summed E-state index contributed by atoms with van der Waals surface area (Å²) < 4.78 is 51.8.